The fourth-order valence-electron chi connectivity index (χ4n) is 1.32. The molecule has 1 aliphatic heterocycles. The lowest BCUT2D eigenvalue weighted by atomic mass is 10.0. The van der Waals surface area contributed by atoms with Gasteiger partial charge in [-0.25, -0.2) is 0 Å². The fourth-order valence-corrected chi connectivity index (χ4v) is 1.88. The first-order valence-electron chi connectivity index (χ1n) is 5.19. The van der Waals surface area contributed by atoms with Crippen molar-refractivity contribution >= 4 is 8.07 Å². The molecule has 1 rings (SSSR count). The lowest BCUT2D eigenvalue weighted by Gasteiger charge is -2.04. The van der Waals surface area contributed by atoms with Crippen LogP contribution in [-0.2, 0) is 4.74 Å². The van der Waals surface area contributed by atoms with Gasteiger partial charge in [-0.15, -0.1) is 5.54 Å². The van der Waals surface area contributed by atoms with Gasteiger partial charge in [-0.1, -0.05) is 25.6 Å². The van der Waals surface area contributed by atoms with E-state index in [0.717, 1.165) is 12.8 Å². The zero-order valence-electron chi connectivity index (χ0n) is 9.55. The Hall–Kier alpha value is -0.303. The van der Waals surface area contributed by atoms with Crippen molar-refractivity contribution < 1.29 is 9.84 Å². The minimum Gasteiger partial charge on any atom is -0.396 e. The molecule has 0 aromatic heterocycles. The molecule has 0 aromatic rings. The summed E-state index contributed by atoms with van der Waals surface area (Å²) in [6.07, 6.45) is 1.83. The van der Waals surface area contributed by atoms with Gasteiger partial charge in [0.1, 0.15) is 19.8 Å². The minimum absolute atomic E-state index is 0.0740. The van der Waals surface area contributed by atoms with Gasteiger partial charge in [0.25, 0.3) is 0 Å². The highest BCUT2D eigenvalue weighted by molar-refractivity contribution is 6.83. The second-order valence-corrected chi connectivity index (χ2v) is 9.91. The molecule has 3 heteroatoms. The van der Waals surface area contributed by atoms with Crippen LogP contribution in [0.5, 0.6) is 0 Å². The molecule has 0 bridgehead atoms. The lowest BCUT2D eigenvalue weighted by molar-refractivity contribution is 0.246. The zero-order chi connectivity index (χ0) is 10.8. The molecular formula is C11H20O2Si. The third kappa shape index (κ3) is 3.45. The van der Waals surface area contributed by atoms with Crippen LogP contribution in [0.2, 0.25) is 19.6 Å². The molecule has 0 saturated carbocycles. The van der Waals surface area contributed by atoms with Gasteiger partial charge >= 0.3 is 0 Å². The van der Waals surface area contributed by atoms with Crippen LogP contribution in [0, 0.1) is 11.5 Å². The summed E-state index contributed by atoms with van der Waals surface area (Å²) in [5, 5.41) is 8.72. The number of aliphatic hydroxyl groups excluding tert-OH is 1. The van der Waals surface area contributed by atoms with Crippen molar-refractivity contribution in [2.45, 2.75) is 51.1 Å². The van der Waals surface area contributed by atoms with Crippen molar-refractivity contribution in [1.82, 2.24) is 0 Å². The fraction of sp³-hybridized carbons (Fsp3) is 0.818. The van der Waals surface area contributed by atoms with Gasteiger partial charge in [-0.05, 0) is 19.8 Å². The van der Waals surface area contributed by atoms with E-state index in [9.17, 15) is 0 Å². The van der Waals surface area contributed by atoms with E-state index in [1.807, 2.05) is 0 Å². The van der Waals surface area contributed by atoms with Crippen molar-refractivity contribution in [1.29, 1.82) is 0 Å². The molecule has 1 N–H and O–H groups in total. The van der Waals surface area contributed by atoms with Crippen LogP contribution >= 0.6 is 0 Å². The summed E-state index contributed by atoms with van der Waals surface area (Å²) in [6, 6.07) is 0. The number of epoxide rings is 1. The molecule has 0 unspecified atom stereocenters. The van der Waals surface area contributed by atoms with Crippen molar-refractivity contribution in [2.75, 3.05) is 6.61 Å². The molecule has 0 amide bonds. The number of ether oxygens (including phenoxy) is 1. The summed E-state index contributed by atoms with van der Waals surface area (Å²) in [4.78, 5) is 0. The number of aliphatic hydroxyl groups is 1. The molecule has 0 aromatic carbocycles. The highest BCUT2D eigenvalue weighted by atomic mass is 28.3. The average Bonchev–Trinajstić information content (AvgIpc) is 2.70. The summed E-state index contributed by atoms with van der Waals surface area (Å²) >= 11 is 0. The molecule has 2 nitrogen and oxygen atoms in total. The maximum absolute atomic E-state index is 8.72. The van der Waals surface area contributed by atoms with Crippen molar-refractivity contribution in [3.8, 4) is 11.5 Å². The van der Waals surface area contributed by atoms with Gasteiger partial charge in [0, 0.05) is 6.61 Å². The molecule has 14 heavy (non-hydrogen) atoms. The monoisotopic (exact) mass is 212 g/mol. The van der Waals surface area contributed by atoms with E-state index < -0.39 is 8.07 Å². The van der Waals surface area contributed by atoms with Crippen LogP contribution < -0.4 is 0 Å². The first-order valence-corrected chi connectivity index (χ1v) is 8.69. The summed E-state index contributed by atoms with van der Waals surface area (Å²) in [5.74, 6) is 3.20. The molecule has 1 saturated heterocycles. The maximum atomic E-state index is 8.72. The Bertz CT molecular complexity index is 259. The summed E-state index contributed by atoms with van der Waals surface area (Å²) in [5.41, 5.74) is 3.24. The SMILES string of the molecule is C[C@]1(CCCO)O[C@@H]1C#C[Si](C)(C)C. The van der Waals surface area contributed by atoms with E-state index in [0.29, 0.717) is 0 Å². The van der Waals surface area contributed by atoms with Crippen LogP contribution in [0.15, 0.2) is 0 Å². The first-order chi connectivity index (χ1) is 6.37. The largest absolute Gasteiger partial charge is 0.396 e. The molecule has 1 aliphatic rings. The van der Waals surface area contributed by atoms with Gasteiger partial charge in [0.05, 0.1) is 0 Å². The Labute approximate surface area is 87.7 Å². The van der Waals surface area contributed by atoms with E-state index in [1.165, 1.54) is 0 Å². The molecule has 2 atom stereocenters. The molecule has 80 valence electrons. The van der Waals surface area contributed by atoms with Crippen LogP contribution in [0.1, 0.15) is 19.8 Å². The van der Waals surface area contributed by atoms with E-state index in [4.69, 9.17) is 9.84 Å². The smallest absolute Gasteiger partial charge is 0.147 e. The molecule has 1 heterocycles. The Morgan fingerprint density at radius 2 is 2.07 bits per heavy atom. The van der Waals surface area contributed by atoms with E-state index in [-0.39, 0.29) is 18.3 Å². The van der Waals surface area contributed by atoms with Crippen LogP contribution in [0.25, 0.3) is 0 Å². The quantitative estimate of drug-likeness (QED) is 0.439. The van der Waals surface area contributed by atoms with Gasteiger partial charge < -0.3 is 9.84 Å². The van der Waals surface area contributed by atoms with Crippen LogP contribution in [-0.4, -0.2) is 31.5 Å². The van der Waals surface area contributed by atoms with E-state index in [1.54, 1.807) is 0 Å². The molecule has 0 radical (unpaired) electrons. The highest BCUT2D eigenvalue weighted by Crippen LogP contribution is 2.39. The molecule has 0 spiro atoms. The molecular weight excluding hydrogens is 192 g/mol. The van der Waals surface area contributed by atoms with Crippen molar-refractivity contribution in [2.24, 2.45) is 0 Å². The number of hydrogen-bond donors (Lipinski definition) is 1. The molecule has 0 aliphatic carbocycles. The second-order valence-electron chi connectivity index (χ2n) is 5.16. The first kappa shape index (κ1) is 11.8. The Morgan fingerprint density at radius 3 is 2.57 bits per heavy atom. The van der Waals surface area contributed by atoms with Gasteiger partial charge in [0.15, 0.2) is 0 Å². The normalized spacial score (nSPS) is 30.8. The highest BCUT2D eigenvalue weighted by Gasteiger charge is 2.50. The minimum atomic E-state index is -1.26. The standard InChI is InChI=1S/C11H20O2Si/c1-11(7-5-8-12)10(13-11)6-9-14(2,3)4/h10,12H,5,7-8H2,1-4H3/t10-,11-/m1/s1. The van der Waals surface area contributed by atoms with Crippen molar-refractivity contribution in [3.63, 3.8) is 0 Å². The van der Waals surface area contributed by atoms with E-state index in [2.05, 4.69) is 38.0 Å². The van der Waals surface area contributed by atoms with Crippen molar-refractivity contribution in [3.05, 3.63) is 0 Å². The van der Waals surface area contributed by atoms with Gasteiger partial charge in [0.2, 0.25) is 0 Å². The number of rotatable bonds is 3. The summed E-state index contributed by atoms with van der Waals surface area (Å²) in [6.45, 7) is 9.01. The summed E-state index contributed by atoms with van der Waals surface area (Å²) < 4.78 is 5.54. The lowest BCUT2D eigenvalue weighted by Crippen LogP contribution is -2.17. The summed E-state index contributed by atoms with van der Waals surface area (Å²) in [7, 11) is -1.26. The average molecular weight is 212 g/mol. The second kappa shape index (κ2) is 4.06. The van der Waals surface area contributed by atoms with E-state index >= 15 is 0 Å². The molecule has 1 fully saturated rings. The Kier molecular flexibility index (Phi) is 3.41. The Morgan fingerprint density at radius 1 is 1.43 bits per heavy atom. The zero-order valence-corrected chi connectivity index (χ0v) is 10.6. The van der Waals surface area contributed by atoms with Crippen LogP contribution in [0.4, 0.5) is 0 Å². The topological polar surface area (TPSA) is 32.8 Å². The third-order valence-electron chi connectivity index (χ3n) is 2.29. The third-order valence-corrected chi connectivity index (χ3v) is 3.19. The van der Waals surface area contributed by atoms with Gasteiger partial charge in [-0.3, -0.25) is 0 Å². The predicted octanol–water partition coefficient (Wildman–Crippen LogP) is 1.80. The number of hydrogen-bond acceptors (Lipinski definition) is 2. The van der Waals surface area contributed by atoms with Crippen LogP contribution in [0.3, 0.4) is 0 Å². The predicted molar refractivity (Wildman–Crippen MR) is 60.7 cm³/mol. The Balaban J connectivity index is 2.40. The maximum Gasteiger partial charge on any atom is 0.147 e. The van der Waals surface area contributed by atoms with Gasteiger partial charge in [-0.2, -0.15) is 0 Å².